The first kappa shape index (κ1) is 34.9. The number of carboxylic acid groups (broad SMARTS) is 2. The van der Waals surface area contributed by atoms with Gasteiger partial charge in [-0.15, -0.1) is 11.8 Å². The number of carbonyl (C=O) groups is 6. The Morgan fingerprint density at radius 1 is 0.980 bits per heavy atom. The van der Waals surface area contributed by atoms with Gasteiger partial charge >= 0.3 is 11.9 Å². The van der Waals surface area contributed by atoms with Gasteiger partial charge in [0.25, 0.3) is 11.8 Å². The van der Waals surface area contributed by atoms with E-state index in [4.69, 9.17) is 15.2 Å². The summed E-state index contributed by atoms with van der Waals surface area (Å²) in [6.07, 6.45) is 0. The van der Waals surface area contributed by atoms with Crippen LogP contribution < -0.4 is 25.8 Å². The summed E-state index contributed by atoms with van der Waals surface area (Å²) in [5.41, 5.74) is 6.27. The lowest BCUT2D eigenvalue weighted by Gasteiger charge is -2.48. The maximum Gasteiger partial charge on any atom is 0.352 e. The van der Waals surface area contributed by atoms with Gasteiger partial charge in [-0.05, 0) is 43.7 Å². The van der Waals surface area contributed by atoms with Gasteiger partial charge in [-0.2, -0.15) is 0 Å². The van der Waals surface area contributed by atoms with E-state index in [-0.39, 0.29) is 29.4 Å². The topological polar surface area (TPSA) is 235 Å². The Balaban J connectivity index is 1.04. The number of nitrogens with zero attached hydrogens (tertiary/aromatic N) is 2. The highest BCUT2D eigenvalue weighted by Crippen LogP contribution is 2.50. The molecule has 4 heterocycles. The smallest absolute Gasteiger partial charge is 0.352 e. The normalized spacial score (nSPS) is 26.9. The van der Waals surface area contributed by atoms with Gasteiger partial charge in [0.15, 0.2) is 6.61 Å². The van der Waals surface area contributed by atoms with Crippen LogP contribution >= 0.6 is 11.8 Å². The molecule has 50 heavy (non-hydrogen) atoms. The van der Waals surface area contributed by atoms with Crippen molar-refractivity contribution in [2.45, 2.75) is 53.5 Å². The predicted octanol–water partition coefficient (Wildman–Crippen LogP) is -0.470. The summed E-state index contributed by atoms with van der Waals surface area (Å²) in [6.45, 7) is 2.75. The lowest BCUT2D eigenvalue weighted by atomic mass is 9.95. The number of amides is 4. The Morgan fingerprint density at radius 2 is 1.64 bits per heavy atom. The molecular weight excluding hydrogens is 695 g/mol. The highest BCUT2D eigenvalue weighted by Gasteiger charge is 2.64. The molecule has 18 heteroatoms. The summed E-state index contributed by atoms with van der Waals surface area (Å²) in [7, 11) is -1.76. The lowest BCUT2D eigenvalue weighted by molar-refractivity contribution is -0.161. The molecule has 0 bridgehead atoms. The Bertz CT molecular complexity index is 1820. The van der Waals surface area contributed by atoms with E-state index in [2.05, 4.69) is 10.6 Å². The largest absolute Gasteiger partial charge is 0.489 e. The van der Waals surface area contributed by atoms with Crippen LogP contribution in [0.2, 0.25) is 0 Å². The Morgan fingerprint density at radius 3 is 2.28 bits per heavy atom. The minimum atomic E-state index is -1.76. The number of carbonyl (C=O) groups excluding carboxylic acids is 4. The molecule has 0 spiro atoms. The molecule has 3 fully saturated rings. The molecular formula is C32H33N5O11S2. The van der Waals surface area contributed by atoms with Crippen LogP contribution in [0.5, 0.6) is 11.5 Å². The van der Waals surface area contributed by atoms with Crippen LogP contribution in [0.4, 0.5) is 0 Å². The molecule has 0 radical (unpaired) electrons. The fraction of sp³-hybridized carbons (Fsp3) is 0.375. The van der Waals surface area contributed by atoms with Crippen LogP contribution in [-0.4, -0.2) is 112 Å². The number of fused-ring (bicyclic) bond motifs is 2. The highest BCUT2D eigenvalue weighted by molar-refractivity contribution is 8.01. The standard InChI is InChI=1S/C32H33N5O11S2/c1-32(2)24(31(44)45)37-26(40)21(28(37)49-32)35-25(39)20(33)15-8-10-18(11-9-15)47-12-16-14-50(46)29-22(27(41)36(29)23(16)30(42)43)34-19(38)13-48-17-6-4-3-5-7-17/h3-11,20-22,24,28-29H,12-14,33H2,1-2H3,(H,34,38)(H,35,39)(H,42,43)(H,44,45)/t20-,21-,22-,24+,28-,29-,50?/m1/s1. The summed E-state index contributed by atoms with van der Waals surface area (Å²) in [5.74, 6) is -4.54. The molecule has 0 saturated carbocycles. The van der Waals surface area contributed by atoms with Crippen molar-refractivity contribution in [1.29, 1.82) is 0 Å². The zero-order valence-electron chi connectivity index (χ0n) is 26.6. The molecule has 1 unspecified atom stereocenters. The zero-order valence-corrected chi connectivity index (χ0v) is 28.3. The second kappa shape index (κ2) is 13.4. The SMILES string of the molecule is CC1(C)S[C@@H]2[C@H](NC(=O)[C@H](N)c3ccc(OCC4=C(C(=O)O)N5C(=O)[C@@H](NC(=O)COc6ccccc6)[C@H]5S(=O)C4)cc3)C(=O)N2[C@H]1C(=O)O. The minimum absolute atomic E-state index is 0.107. The molecule has 7 atom stereocenters. The number of hydrogen-bond donors (Lipinski definition) is 5. The number of aliphatic carboxylic acids is 2. The van der Waals surface area contributed by atoms with Gasteiger partial charge in [-0.3, -0.25) is 28.3 Å². The van der Waals surface area contributed by atoms with Gasteiger partial charge in [0.05, 0.1) is 16.6 Å². The third-order valence-electron chi connectivity index (χ3n) is 8.74. The van der Waals surface area contributed by atoms with Crippen LogP contribution in [-0.2, 0) is 39.6 Å². The Labute approximate surface area is 291 Å². The van der Waals surface area contributed by atoms with Crippen molar-refractivity contribution in [3.05, 3.63) is 71.4 Å². The fourth-order valence-corrected chi connectivity index (χ4v) is 9.62. The summed E-state index contributed by atoms with van der Waals surface area (Å²) >= 11 is 1.29. The van der Waals surface area contributed by atoms with Crippen molar-refractivity contribution in [3.63, 3.8) is 0 Å². The number of thioether (sulfide) groups is 1. The average molecular weight is 728 g/mol. The number of para-hydroxylation sites is 1. The van der Waals surface area contributed by atoms with Gasteiger partial charge in [0.1, 0.15) is 58.7 Å². The quantitative estimate of drug-likeness (QED) is 0.174. The van der Waals surface area contributed by atoms with Gasteiger partial charge < -0.3 is 41.0 Å². The highest BCUT2D eigenvalue weighted by atomic mass is 32.2. The van der Waals surface area contributed by atoms with Crippen molar-refractivity contribution in [2.75, 3.05) is 19.0 Å². The van der Waals surface area contributed by atoms with Crippen LogP contribution in [0.25, 0.3) is 0 Å². The first-order valence-corrected chi connectivity index (χ1v) is 17.6. The van der Waals surface area contributed by atoms with E-state index in [0.717, 1.165) is 4.90 Å². The lowest BCUT2D eigenvalue weighted by Crippen LogP contribution is -2.74. The first-order valence-electron chi connectivity index (χ1n) is 15.3. The maximum absolute atomic E-state index is 13.2. The number of ether oxygens (including phenoxy) is 2. The molecule has 2 aromatic rings. The second-order valence-electron chi connectivity index (χ2n) is 12.4. The molecule has 0 aliphatic carbocycles. The van der Waals surface area contributed by atoms with Crippen LogP contribution in [0.3, 0.4) is 0 Å². The van der Waals surface area contributed by atoms with Crippen molar-refractivity contribution in [3.8, 4) is 11.5 Å². The van der Waals surface area contributed by atoms with E-state index in [1.54, 1.807) is 44.2 Å². The number of hydrogen-bond acceptors (Lipinski definition) is 11. The van der Waals surface area contributed by atoms with Crippen molar-refractivity contribution in [2.24, 2.45) is 5.73 Å². The number of rotatable bonds is 12. The summed E-state index contributed by atoms with van der Waals surface area (Å²) < 4.78 is 23.5. The van der Waals surface area contributed by atoms with Gasteiger partial charge in [-0.25, -0.2) is 9.59 Å². The third kappa shape index (κ3) is 6.29. The third-order valence-corrected chi connectivity index (χ3v) is 12.0. The number of benzene rings is 2. The zero-order chi connectivity index (χ0) is 36.1. The summed E-state index contributed by atoms with van der Waals surface area (Å²) in [4.78, 5) is 77.3. The number of nitrogens with two attached hydrogens (primary N) is 1. The average Bonchev–Trinajstić information content (AvgIpc) is 3.35. The monoisotopic (exact) mass is 727 g/mol. The second-order valence-corrected chi connectivity index (χ2v) is 15.8. The van der Waals surface area contributed by atoms with E-state index in [1.807, 2.05) is 0 Å². The van der Waals surface area contributed by atoms with E-state index >= 15 is 0 Å². The van der Waals surface area contributed by atoms with Crippen molar-refractivity contribution >= 4 is 58.1 Å². The van der Waals surface area contributed by atoms with Crippen molar-refractivity contribution in [1.82, 2.24) is 20.4 Å². The van der Waals surface area contributed by atoms with E-state index in [0.29, 0.717) is 11.3 Å². The van der Waals surface area contributed by atoms with Gasteiger partial charge in [0.2, 0.25) is 11.8 Å². The summed E-state index contributed by atoms with van der Waals surface area (Å²) in [5, 5.41) is 23.1. The molecule has 3 saturated heterocycles. The van der Waals surface area contributed by atoms with Crippen LogP contribution in [0.15, 0.2) is 65.9 Å². The van der Waals surface area contributed by atoms with Gasteiger partial charge in [0, 0.05) is 10.3 Å². The predicted molar refractivity (Wildman–Crippen MR) is 177 cm³/mol. The molecule has 2 aromatic carbocycles. The Hall–Kier alpha value is -4.94. The molecule has 6 rings (SSSR count). The molecule has 4 amide bonds. The molecule has 6 N–H and O–H groups in total. The molecule has 4 aliphatic heterocycles. The number of carboxylic acids is 2. The van der Waals surface area contributed by atoms with E-state index in [1.165, 1.54) is 40.9 Å². The first-order chi connectivity index (χ1) is 23.7. The maximum atomic E-state index is 13.2. The summed E-state index contributed by atoms with van der Waals surface area (Å²) in [6, 6.07) is 10.3. The molecule has 16 nitrogen and oxygen atoms in total. The number of nitrogens with one attached hydrogen (secondary N) is 2. The molecule has 0 aromatic heterocycles. The minimum Gasteiger partial charge on any atom is -0.489 e. The fourth-order valence-electron chi connectivity index (χ4n) is 6.33. The molecule has 264 valence electrons. The van der Waals surface area contributed by atoms with Crippen LogP contribution in [0, 0.1) is 0 Å². The van der Waals surface area contributed by atoms with E-state index < -0.39 is 92.6 Å². The van der Waals surface area contributed by atoms with Gasteiger partial charge in [-0.1, -0.05) is 30.3 Å². The van der Waals surface area contributed by atoms with Crippen LogP contribution in [0.1, 0.15) is 25.5 Å². The Kier molecular flexibility index (Phi) is 9.36. The number of β-lactam (4-membered cyclic amide) rings is 2. The van der Waals surface area contributed by atoms with Crippen molar-refractivity contribution < 1.29 is 52.7 Å². The van der Waals surface area contributed by atoms with E-state index in [9.17, 15) is 43.2 Å². The molecule has 4 aliphatic rings.